The molecule has 1 unspecified atom stereocenters. The van der Waals surface area contributed by atoms with Crippen LogP contribution >= 0.6 is 27.5 Å². The second-order valence-electron chi connectivity index (χ2n) is 4.12. The Bertz CT molecular complexity index is 629. The summed E-state index contributed by atoms with van der Waals surface area (Å²) in [5, 5.41) is 5.19. The summed E-state index contributed by atoms with van der Waals surface area (Å²) in [4.78, 5) is 9.70. The predicted octanol–water partition coefficient (Wildman–Crippen LogP) is 3.73. The van der Waals surface area contributed by atoms with Crippen LogP contribution in [-0.2, 0) is 4.84 Å². The van der Waals surface area contributed by atoms with Crippen LogP contribution < -0.4 is 0 Å². The number of aromatic nitrogens is 1. The molecule has 3 nitrogen and oxygen atoms in total. The number of halogens is 2. The molecule has 92 valence electrons. The van der Waals surface area contributed by atoms with E-state index in [1.807, 2.05) is 24.3 Å². The summed E-state index contributed by atoms with van der Waals surface area (Å²) in [6.07, 6.45) is 2.49. The molecule has 1 aliphatic heterocycles. The maximum absolute atomic E-state index is 5.78. The van der Waals surface area contributed by atoms with Gasteiger partial charge in [-0.1, -0.05) is 27.2 Å². The first-order valence-electron chi connectivity index (χ1n) is 5.62. The van der Waals surface area contributed by atoms with Gasteiger partial charge in [0.25, 0.3) is 0 Å². The van der Waals surface area contributed by atoms with Crippen LogP contribution in [0.1, 0.15) is 12.0 Å². The number of fused-ring (bicyclic) bond motifs is 1. The fourth-order valence-corrected chi connectivity index (χ4v) is 2.66. The van der Waals surface area contributed by atoms with E-state index in [0.717, 1.165) is 33.1 Å². The molecule has 0 fully saturated rings. The average molecular weight is 326 g/mol. The van der Waals surface area contributed by atoms with Crippen LogP contribution in [0, 0.1) is 0 Å². The molecule has 0 saturated heterocycles. The normalized spacial score (nSPS) is 18.8. The highest BCUT2D eigenvalue weighted by atomic mass is 79.9. The predicted molar refractivity (Wildman–Crippen MR) is 76.2 cm³/mol. The molecular formula is C13H10BrClN2O. The second kappa shape index (κ2) is 4.86. The van der Waals surface area contributed by atoms with Crippen molar-refractivity contribution in [1.29, 1.82) is 0 Å². The van der Waals surface area contributed by atoms with Crippen molar-refractivity contribution in [2.45, 2.75) is 12.5 Å². The molecule has 3 rings (SSSR count). The van der Waals surface area contributed by atoms with Crippen LogP contribution in [-0.4, -0.2) is 22.7 Å². The summed E-state index contributed by atoms with van der Waals surface area (Å²) in [5.74, 6) is 0.453. The van der Waals surface area contributed by atoms with Gasteiger partial charge in [0.1, 0.15) is 6.10 Å². The number of alkyl halides is 1. The van der Waals surface area contributed by atoms with Gasteiger partial charge in [0.2, 0.25) is 0 Å². The van der Waals surface area contributed by atoms with Crippen molar-refractivity contribution in [3.63, 3.8) is 0 Å². The number of benzene rings is 1. The summed E-state index contributed by atoms with van der Waals surface area (Å²) in [6, 6.07) is 7.98. The van der Waals surface area contributed by atoms with E-state index in [4.69, 9.17) is 16.4 Å². The van der Waals surface area contributed by atoms with E-state index in [1.54, 1.807) is 6.20 Å². The summed E-state index contributed by atoms with van der Waals surface area (Å²) >= 11 is 9.32. The second-order valence-corrected chi connectivity index (χ2v) is 5.28. The van der Waals surface area contributed by atoms with Crippen LogP contribution in [0.2, 0.25) is 0 Å². The lowest BCUT2D eigenvalue weighted by atomic mass is 10.0. The Balaban J connectivity index is 2.11. The number of hydrogen-bond acceptors (Lipinski definition) is 3. The molecule has 0 saturated carbocycles. The van der Waals surface area contributed by atoms with E-state index in [2.05, 4.69) is 26.1 Å². The van der Waals surface area contributed by atoms with Crippen molar-refractivity contribution in [1.82, 2.24) is 4.98 Å². The Hall–Kier alpha value is -1.13. The first-order valence-corrected chi connectivity index (χ1v) is 6.94. The van der Waals surface area contributed by atoms with E-state index < -0.39 is 0 Å². The maximum Gasteiger partial charge on any atom is 0.146 e. The zero-order valence-corrected chi connectivity index (χ0v) is 11.8. The molecule has 1 aliphatic rings. The number of nitrogens with zero attached hydrogens (tertiary/aromatic N) is 2. The van der Waals surface area contributed by atoms with E-state index in [1.165, 1.54) is 0 Å². The number of hydrogen-bond donors (Lipinski definition) is 0. The van der Waals surface area contributed by atoms with Gasteiger partial charge in [-0.25, -0.2) is 0 Å². The minimum absolute atomic E-state index is 0.0240. The molecule has 0 radical (unpaired) electrons. The van der Waals surface area contributed by atoms with Gasteiger partial charge in [0.15, 0.2) is 0 Å². The van der Waals surface area contributed by atoms with Gasteiger partial charge < -0.3 is 4.84 Å². The molecule has 1 atom stereocenters. The fourth-order valence-electron chi connectivity index (χ4n) is 2.04. The Morgan fingerprint density at radius 1 is 1.39 bits per heavy atom. The first-order chi connectivity index (χ1) is 8.79. The molecular weight excluding hydrogens is 316 g/mol. The Morgan fingerprint density at radius 2 is 2.28 bits per heavy atom. The first kappa shape index (κ1) is 11.9. The lowest BCUT2D eigenvalue weighted by Gasteiger charge is -2.06. The summed E-state index contributed by atoms with van der Waals surface area (Å²) in [6.45, 7) is 0. The lowest BCUT2D eigenvalue weighted by Crippen LogP contribution is -2.10. The zero-order chi connectivity index (χ0) is 12.5. The molecule has 0 amide bonds. The molecule has 0 aliphatic carbocycles. The van der Waals surface area contributed by atoms with Gasteiger partial charge in [-0.3, -0.25) is 4.98 Å². The van der Waals surface area contributed by atoms with E-state index in [0.29, 0.717) is 5.88 Å². The van der Waals surface area contributed by atoms with Crippen molar-refractivity contribution in [3.05, 3.63) is 40.5 Å². The summed E-state index contributed by atoms with van der Waals surface area (Å²) in [5.41, 5.74) is 2.86. The molecule has 2 heterocycles. The molecule has 1 aromatic heterocycles. The third-order valence-electron chi connectivity index (χ3n) is 2.93. The molecule has 1 aromatic carbocycles. The van der Waals surface area contributed by atoms with E-state index in [-0.39, 0.29) is 6.10 Å². The monoisotopic (exact) mass is 324 g/mol. The Kier molecular flexibility index (Phi) is 3.22. The number of rotatable bonds is 2. The van der Waals surface area contributed by atoms with Crippen LogP contribution in [0.3, 0.4) is 0 Å². The highest BCUT2D eigenvalue weighted by Gasteiger charge is 2.23. The number of oxime groups is 1. The highest BCUT2D eigenvalue weighted by Crippen LogP contribution is 2.28. The van der Waals surface area contributed by atoms with Gasteiger partial charge in [0.05, 0.1) is 17.1 Å². The largest absolute Gasteiger partial charge is 0.391 e. The van der Waals surface area contributed by atoms with Crippen molar-refractivity contribution < 1.29 is 4.84 Å². The Labute approximate surface area is 118 Å². The highest BCUT2D eigenvalue weighted by molar-refractivity contribution is 9.10. The van der Waals surface area contributed by atoms with Crippen molar-refractivity contribution in [3.8, 4) is 0 Å². The van der Waals surface area contributed by atoms with E-state index >= 15 is 0 Å². The van der Waals surface area contributed by atoms with Gasteiger partial charge in [0, 0.05) is 28.0 Å². The fraction of sp³-hybridized carbons (Fsp3) is 0.231. The zero-order valence-electron chi connectivity index (χ0n) is 9.44. The van der Waals surface area contributed by atoms with Crippen LogP contribution in [0.4, 0.5) is 0 Å². The van der Waals surface area contributed by atoms with Crippen LogP contribution in [0.15, 0.2) is 40.1 Å². The Morgan fingerprint density at radius 3 is 3.06 bits per heavy atom. The quantitative estimate of drug-likeness (QED) is 0.789. The summed E-state index contributed by atoms with van der Waals surface area (Å²) in [7, 11) is 0. The lowest BCUT2D eigenvalue weighted by molar-refractivity contribution is 0.102. The van der Waals surface area contributed by atoms with Crippen molar-refractivity contribution >= 4 is 44.1 Å². The van der Waals surface area contributed by atoms with Gasteiger partial charge in [-0.05, 0) is 18.2 Å². The maximum atomic E-state index is 5.78. The SMILES string of the molecule is ClCC1CC(c2ccc(Br)c3cccnc23)=NO1. The van der Waals surface area contributed by atoms with Gasteiger partial charge in [-0.2, -0.15) is 0 Å². The third kappa shape index (κ3) is 1.99. The van der Waals surface area contributed by atoms with Gasteiger partial charge >= 0.3 is 0 Å². The molecule has 0 spiro atoms. The average Bonchev–Trinajstić information content (AvgIpc) is 2.88. The number of pyridine rings is 1. The van der Waals surface area contributed by atoms with Crippen LogP contribution in [0.5, 0.6) is 0 Å². The van der Waals surface area contributed by atoms with Crippen LogP contribution in [0.25, 0.3) is 10.9 Å². The minimum Gasteiger partial charge on any atom is -0.391 e. The molecule has 18 heavy (non-hydrogen) atoms. The topological polar surface area (TPSA) is 34.5 Å². The van der Waals surface area contributed by atoms with Gasteiger partial charge in [-0.15, -0.1) is 11.6 Å². The van der Waals surface area contributed by atoms with E-state index in [9.17, 15) is 0 Å². The summed E-state index contributed by atoms with van der Waals surface area (Å²) < 4.78 is 1.03. The smallest absolute Gasteiger partial charge is 0.146 e. The minimum atomic E-state index is -0.0240. The third-order valence-corrected chi connectivity index (χ3v) is 3.97. The standard InChI is InChI=1S/C13H10BrClN2O/c14-11-4-3-10(12-6-8(7-15)18-17-12)13-9(11)2-1-5-16-13/h1-5,8H,6-7H2. The molecule has 0 bridgehead atoms. The molecule has 0 N–H and O–H groups in total. The molecule has 5 heteroatoms. The van der Waals surface area contributed by atoms with Crippen molar-refractivity contribution in [2.75, 3.05) is 5.88 Å². The van der Waals surface area contributed by atoms with Crippen molar-refractivity contribution in [2.24, 2.45) is 5.16 Å². The molecule has 2 aromatic rings.